The SMILES string of the molecule is CC.CC(C)C.NCC(=O)O. The number of carbonyl (C=O) groups is 1. The van der Waals surface area contributed by atoms with E-state index in [2.05, 4.69) is 26.5 Å². The van der Waals surface area contributed by atoms with Crippen molar-refractivity contribution in [1.29, 1.82) is 0 Å². The van der Waals surface area contributed by atoms with Crippen molar-refractivity contribution < 1.29 is 9.90 Å². The number of carboxylic acids is 1. The van der Waals surface area contributed by atoms with Crippen LogP contribution in [-0.2, 0) is 4.79 Å². The van der Waals surface area contributed by atoms with Gasteiger partial charge in [-0.3, -0.25) is 4.79 Å². The van der Waals surface area contributed by atoms with Gasteiger partial charge in [0.25, 0.3) is 0 Å². The van der Waals surface area contributed by atoms with Crippen LogP contribution in [0.25, 0.3) is 0 Å². The molecular weight excluding hydrogens is 142 g/mol. The van der Waals surface area contributed by atoms with Crippen molar-refractivity contribution >= 4 is 5.97 Å². The normalized spacial score (nSPS) is 7.18. The Bertz CT molecular complexity index is 69.7. The highest BCUT2D eigenvalue weighted by atomic mass is 16.4. The lowest BCUT2D eigenvalue weighted by molar-refractivity contribution is -0.135. The van der Waals surface area contributed by atoms with E-state index in [1.54, 1.807) is 0 Å². The van der Waals surface area contributed by atoms with Crippen LogP contribution < -0.4 is 5.73 Å². The van der Waals surface area contributed by atoms with Crippen LogP contribution in [0.1, 0.15) is 34.6 Å². The molecule has 11 heavy (non-hydrogen) atoms. The molecule has 0 heterocycles. The Hall–Kier alpha value is -0.570. The molecule has 3 heteroatoms. The lowest BCUT2D eigenvalue weighted by Gasteiger charge is -1.79. The van der Waals surface area contributed by atoms with E-state index in [0.717, 1.165) is 5.92 Å². The van der Waals surface area contributed by atoms with Crippen molar-refractivity contribution in [3.05, 3.63) is 0 Å². The summed E-state index contributed by atoms with van der Waals surface area (Å²) in [6.07, 6.45) is 0. The van der Waals surface area contributed by atoms with E-state index >= 15 is 0 Å². The lowest BCUT2D eigenvalue weighted by atomic mass is 10.3. The molecule has 0 aromatic carbocycles. The average molecular weight is 163 g/mol. The number of hydrogen-bond acceptors (Lipinski definition) is 2. The third kappa shape index (κ3) is 255. The molecule has 0 aliphatic heterocycles. The smallest absolute Gasteiger partial charge is 0.317 e. The molecule has 0 saturated carbocycles. The molecule has 0 aromatic rings. The largest absolute Gasteiger partial charge is 0.480 e. The predicted octanol–water partition coefficient (Wildman–Crippen LogP) is 1.72. The second-order valence-corrected chi connectivity index (χ2v) is 2.33. The summed E-state index contributed by atoms with van der Waals surface area (Å²) in [6, 6.07) is 0. The van der Waals surface area contributed by atoms with Crippen molar-refractivity contribution in [2.75, 3.05) is 6.54 Å². The first-order valence-electron chi connectivity index (χ1n) is 3.92. The highest BCUT2D eigenvalue weighted by Crippen LogP contribution is 1.81. The molecule has 0 amide bonds. The highest BCUT2D eigenvalue weighted by Gasteiger charge is 1.81. The Balaban J connectivity index is -0.0000000965. The quantitative estimate of drug-likeness (QED) is 0.618. The summed E-state index contributed by atoms with van der Waals surface area (Å²) >= 11 is 0. The van der Waals surface area contributed by atoms with Gasteiger partial charge in [0, 0.05) is 0 Å². The summed E-state index contributed by atoms with van der Waals surface area (Å²) in [5.41, 5.74) is 4.57. The van der Waals surface area contributed by atoms with Crippen LogP contribution >= 0.6 is 0 Å². The molecule has 0 radical (unpaired) electrons. The van der Waals surface area contributed by atoms with Crippen LogP contribution in [0.2, 0.25) is 0 Å². The predicted molar refractivity (Wildman–Crippen MR) is 48.6 cm³/mol. The molecule has 0 atom stereocenters. The van der Waals surface area contributed by atoms with Crippen LogP contribution in [-0.4, -0.2) is 17.6 Å². The fraction of sp³-hybridized carbons (Fsp3) is 0.875. The molecule has 0 aliphatic rings. The second kappa shape index (κ2) is 16.2. The van der Waals surface area contributed by atoms with Crippen molar-refractivity contribution in [3.63, 3.8) is 0 Å². The highest BCUT2D eigenvalue weighted by molar-refractivity contribution is 5.68. The maximum atomic E-state index is 9.24. The zero-order chi connectivity index (χ0) is 9.86. The monoisotopic (exact) mass is 163 g/mol. The molecule has 0 bridgehead atoms. The van der Waals surface area contributed by atoms with Crippen molar-refractivity contribution in [1.82, 2.24) is 0 Å². The molecule has 0 aromatic heterocycles. The van der Waals surface area contributed by atoms with Gasteiger partial charge in [-0.1, -0.05) is 34.6 Å². The summed E-state index contributed by atoms with van der Waals surface area (Å²) in [7, 11) is 0. The van der Waals surface area contributed by atoms with Gasteiger partial charge in [-0.2, -0.15) is 0 Å². The molecule has 0 spiro atoms. The van der Waals surface area contributed by atoms with Crippen LogP contribution in [0.15, 0.2) is 0 Å². The molecule has 0 rings (SSSR count). The van der Waals surface area contributed by atoms with E-state index in [0.29, 0.717) is 0 Å². The van der Waals surface area contributed by atoms with Gasteiger partial charge < -0.3 is 10.8 Å². The number of aliphatic carboxylic acids is 1. The van der Waals surface area contributed by atoms with Gasteiger partial charge in [0.15, 0.2) is 0 Å². The van der Waals surface area contributed by atoms with Gasteiger partial charge in [-0.25, -0.2) is 0 Å². The zero-order valence-corrected chi connectivity index (χ0v) is 8.22. The van der Waals surface area contributed by atoms with Crippen LogP contribution in [0, 0.1) is 5.92 Å². The average Bonchev–Trinajstić information content (AvgIpc) is 1.91. The summed E-state index contributed by atoms with van der Waals surface area (Å²) in [5, 5.41) is 7.60. The Morgan fingerprint density at radius 3 is 1.45 bits per heavy atom. The molecule has 0 saturated heterocycles. The number of carboxylic acid groups (broad SMARTS) is 1. The fourth-order valence-corrected chi connectivity index (χ4v) is 0. The van der Waals surface area contributed by atoms with Crippen molar-refractivity contribution in [3.8, 4) is 0 Å². The van der Waals surface area contributed by atoms with Crippen LogP contribution in [0.3, 0.4) is 0 Å². The van der Waals surface area contributed by atoms with Crippen LogP contribution in [0.4, 0.5) is 0 Å². The maximum absolute atomic E-state index is 9.24. The third-order valence-electron chi connectivity index (χ3n) is 0.175. The summed E-state index contributed by atoms with van der Waals surface area (Å²) in [5.74, 6) is -0.134. The van der Waals surface area contributed by atoms with Gasteiger partial charge in [-0.15, -0.1) is 0 Å². The van der Waals surface area contributed by atoms with E-state index in [1.807, 2.05) is 13.8 Å². The first-order valence-corrected chi connectivity index (χ1v) is 3.92. The first kappa shape index (κ1) is 16.8. The topological polar surface area (TPSA) is 63.3 Å². The molecule has 0 aliphatic carbocycles. The number of hydrogen-bond donors (Lipinski definition) is 2. The summed E-state index contributed by atoms with van der Waals surface area (Å²) < 4.78 is 0. The Labute approximate surface area is 69.6 Å². The lowest BCUT2D eigenvalue weighted by Crippen LogP contribution is -2.10. The summed E-state index contributed by atoms with van der Waals surface area (Å²) in [6.45, 7) is 10.2. The van der Waals surface area contributed by atoms with E-state index in [9.17, 15) is 4.79 Å². The van der Waals surface area contributed by atoms with E-state index < -0.39 is 5.97 Å². The van der Waals surface area contributed by atoms with Gasteiger partial charge in [0.2, 0.25) is 0 Å². The van der Waals surface area contributed by atoms with Crippen LogP contribution in [0.5, 0.6) is 0 Å². The number of rotatable bonds is 1. The molecule has 3 N–H and O–H groups in total. The zero-order valence-electron chi connectivity index (χ0n) is 8.22. The van der Waals surface area contributed by atoms with Crippen molar-refractivity contribution in [2.45, 2.75) is 34.6 Å². The standard InChI is InChI=1S/C4H10.C2H5NO2.C2H6/c1-4(2)3;3-1-2(4)5;1-2/h4H,1-3H3;1,3H2,(H,4,5);1-2H3. The van der Waals surface area contributed by atoms with Crippen molar-refractivity contribution in [2.24, 2.45) is 11.7 Å². The summed E-state index contributed by atoms with van der Waals surface area (Å²) in [4.78, 5) is 9.24. The minimum Gasteiger partial charge on any atom is -0.480 e. The Kier molecular flexibility index (Phi) is 24.8. The van der Waals surface area contributed by atoms with Gasteiger partial charge in [0.1, 0.15) is 0 Å². The number of nitrogens with two attached hydrogens (primary N) is 1. The van der Waals surface area contributed by atoms with E-state index in [1.165, 1.54) is 0 Å². The first-order chi connectivity index (χ1) is 5.00. The van der Waals surface area contributed by atoms with Gasteiger partial charge >= 0.3 is 5.97 Å². The molecule has 3 nitrogen and oxygen atoms in total. The minimum atomic E-state index is -0.968. The van der Waals surface area contributed by atoms with E-state index in [-0.39, 0.29) is 6.54 Å². The second-order valence-electron chi connectivity index (χ2n) is 2.33. The van der Waals surface area contributed by atoms with Gasteiger partial charge in [-0.05, 0) is 5.92 Å². The Morgan fingerprint density at radius 2 is 1.45 bits per heavy atom. The molecular formula is C8H21NO2. The molecule has 0 unspecified atom stereocenters. The Morgan fingerprint density at radius 1 is 1.36 bits per heavy atom. The van der Waals surface area contributed by atoms with Gasteiger partial charge in [0.05, 0.1) is 6.54 Å². The minimum absolute atomic E-state index is 0.278. The fourth-order valence-electron chi connectivity index (χ4n) is 0. The maximum Gasteiger partial charge on any atom is 0.317 e. The van der Waals surface area contributed by atoms with E-state index in [4.69, 9.17) is 5.11 Å². The third-order valence-corrected chi connectivity index (χ3v) is 0.175. The molecule has 70 valence electrons. The molecule has 0 fully saturated rings.